The van der Waals surface area contributed by atoms with Crippen LogP contribution in [0.1, 0.15) is 0 Å². The van der Waals surface area contributed by atoms with Gasteiger partial charge in [0.25, 0.3) is 0 Å². The Balaban J connectivity index is 2.83. The van der Waals surface area contributed by atoms with Crippen molar-refractivity contribution in [1.29, 1.82) is 0 Å². The first-order chi connectivity index (χ1) is 4.27. The first kappa shape index (κ1) is 9.27. The first-order valence-electron chi connectivity index (χ1n) is 2.52. The summed E-state index contributed by atoms with van der Waals surface area (Å²) in [4.78, 5) is 10.0. The second-order valence-electron chi connectivity index (χ2n) is 1.40. The zero-order valence-electron chi connectivity index (χ0n) is 5.22. The quantitative estimate of drug-likeness (QED) is 0.455. The summed E-state index contributed by atoms with van der Waals surface area (Å²) in [7, 11) is 0. The molecule has 54 valence electrons. The summed E-state index contributed by atoms with van der Waals surface area (Å²) >= 11 is 6.66. The van der Waals surface area contributed by atoms with E-state index in [0.29, 0.717) is 6.61 Å². The van der Waals surface area contributed by atoms with E-state index in [1.165, 1.54) is 0 Å². The Bertz CT molecular complexity index is 87.0. The molecule has 0 saturated heterocycles. The van der Waals surface area contributed by atoms with Crippen LogP contribution in [-0.2, 0) is 9.53 Å². The lowest BCUT2D eigenvalue weighted by molar-refractivity contribution is -0.115. The fourth-order valence-electron chi connectivity index (χ4n) is 0.295. The zero-order chi connectivity index (χ0) is 7.11. The predicted octanol–water partition coefficient (Wildman–Crippen LogP) is 1.13. The van der Waals surface area contributed by atoms with Crippen molar-refractivity contribution in [2.45, 2.75) is 0 Å². The van der Waals surface area contributed by atoms with Gasteiger partial charge in [-0.2, -0.15) is 11.8 Å². The molecule has 0 amide bonds. The van der Waals surface area contributed by atoms with E-state index in [9.17, 15) is 4.79 Å². The van der Waals surface area contributed by atoms with Crippen LogP contribution in [0.4, 0.5) is 0 Å². The van der Waals surface area contributed by atoms with Crippen molar-refractivity contribution in [2.75, 3.05) is 25.2 Å². The van der Waals surface area contributed by atoms with Gasteiger partial charge in [-0.1, -0.05) is 0 Å². The van der Waals surface area contributed by atoms with Crippen molar-refractivity contribution in [1.82, 2.24) is 0 Å². The molecule has 0 aliphatic heterocycles. The molecule has 0 aromatic rings. The lowest BCUT2D eigenvalue weighted by Crippen LogP contribution is -2.04. The molecule has 0 spiro atoms. The Labute approximate surface area is 63.9 Å². The lowest BCUT2D eigenvalue weighted by atomic mass is 10.8. The molecule has 0 N–H and O–H groups in total. The van der Waals surface area contributed by atoms with Gasteiger partial charge in [0.2, 0.25) is 5.24 Å². The third kappa shape index (κ3) is 8.27. The van der Waals surface area contributed by atoms with Gasteiger partial charge < -0.3 is 4.74 Å². The molecule has 0 unspecified atom stereocenters. The molecule has 4 heteroatoms. The number of carbonyl (C=O) groups excluding carboxylic acids is 1. The second-order valence-corrected chi connectivity index (χ2v) is 2.81. The number of carbonyl (C=O) groups is 1. The van der Waals surface area contributed by atoms with Crippen LogP contribution in [0, 0.1) is 0 Å². The van der Waals surface area contributed by atoms with E-state index in [2.05, 4.69) is 0 Å². The van der Waals surface area contributed by atoms with Crippen LogP contribution in [0.3, 0.4) is 0 Å². The van der Waals surface area contributed by atoms with Crippen molar-refractivity contribution in [2.24, 2.45) is 0 Å². The standard InChI is InChI=1S/C5H9ClO2S/c1-9-3-2-8-4-5(6)7/h2-4H2,1H3. The predicted molar refractivity (Wildman–Crippen MR) is 40.1 cm³/mol. The fraction of sp³-hybridized carbons (Fsp3) is 0.800. The summed E-state index contributed by atoms with van der Waals surface area (Å²) in [5, 5.41) is -0.434. The maximum Gasteiger partial charge on any atom is 0.247 e. The van der Waals surface area contributed by atoms with Gasteiger partial charge in [-0.05, 0) is 17.9 Å². The van der Waals surface area contributed by atoms with E-state index >= 15 is 0 Å². The molecule has 9 heavy (non-hydrogen) atoms. The van der Waals surface area contributed by atoms with Gasteiger partial charge in [-0.15, -0.1) is 0 Å². The van der Waals surface area contributed by atoms with E-state index < -0.39 is 5.24 Å². The summed E-state index contributed by atoms with van der Waals surface area (Å²) in [6.07, 6.45) is 1.98. The minimum absolute atomic E-state index is 0.0299. The Hall–Kier alpha value is 0.270. The number of hydrogen-bond donors (Lipinski definition) is 0. The largest absolute Gasteiger partial charge is 0.371 e. The van der Waals surface area contributed by atoms with Gasteiger partial charge in [-0.25, -0.2) is 0 Å². The van der Waals surface area contributed by atoms with E-state index in [1.54, 1.807) is 11.8 Å². The van der Waals surface area contributed by atoms with Crippen LogP contribution < -0.4 is 0 Å². The van der Waals surface area contributed by atoms with Crippen LogP contribution in [-0.4, -0.2) is 30.5 Å². The van der Waals surface area contributed by atoms with Crippen molar-refractivity contribution in [3.8, 4) is 0 Å². The third-order valence-electron chi connectivity index (χ3n) is 0.647. The average Bonchev–Trinajstić information content (AvgIpc) is 1.80. The lowest BCUT2D eigenvalue weighted by Gasteiger charge is -1.96. The Morgan fingerprint density at radius 3 is 2.89 bits per heavy atom. The van der Waals surface area contributed by atoms with Gasteiger partial charge in [0.1, 0.15) is 6.61 Å². The highest BCUT2D eigenvalue weighted by molar-refractivity contribution is 7.98. The molecule has 2 nitrogen and oxygen atoms in total. The zero-order valence-corrected chi connectivity index (χ0v) is 6.80. The highest BCUT2D eigenvalue weighted by atomic mass is 35.5. The number of thioether (sulfide) groups is 1. The SMILES string of the molecule is CSCCOCC(=O)Cl. The molecule has 0 fully saturated rings. The summed E-state index contributed by atoms with van der Waals surface area (Å²) in [6, 6.07) is 0. The molecule has 0 aromatic heterocycles. The Morgan fingerprint density at radius 1 is 1.78 bits per heavy atom. The van der Waals surface area contributed by atoms with Gasteiger partial charge >= 0.3 is 0 Å². The highest BCUT2D eigenvalue weighted by Crippen LogP contribution is 1.91. The molecule has 0 rings (SSSR count). The molecule has 0 aliphatic carbocycles. The van der Waals surface area contributed by atoms with E-state index in [1.807, 2.05) is 6.26 Å². The number of halogens is 1. The Kier molecular flexibility index (Phi) is 6.58. The third-order valence-corrected chi connectivity index (χ3v) is 1.33. The summed E-state index contributed by atoms with van der Waals surface area (Å²) in [6.45, 7) is 0.627. The van der Waals surface area contributed by atoms with Gasteiger partial charge in [-0.3, -0.25) is 4.79 Å². The fourth-order valence-corrected chi connectivity index (χ4v) is 0.656. The summed E-state index contributed by atoms with van der Waals surface area (Å²) < 4.78 is 4.83. The maximum absolute atomic E-state index is 10.0. The van der Waals surface area contributed by atoms with Crippen molar-refractivity contribution >= 4 is 28.6 Å². The minimum Gasteiger partial charge on any atom is -0.371 e. The van der Waals surface area contributed by atoms with E-state index in [-0.39, 0.29) is 6.61 Å². The molecule has 0 heterocycles. The topological polar surface area (TPSA) is 26.3 Å². The molecule has 0 bridgehead atoms. The summed E-state index contributed by atoms with van der Waals surface area (Å²) in [5.41, 5.74) is 0. The van der Waals surface area contributed by atoms with Gasteiger partial charge in [0.15, 0.2) is 0 Å². The monoisotopic (exact) mass is 168 g/mol. The van der Waals surface area contributed by atoms with Crippen LogP contribution in [0.2, 0.25) is 0 Å². The molecular weight excluding hydrogens is 160 g/mol. The van der Waals surface area contributed by atoms with Crippen molar-refractivity contribution in [3.63, 3.8) is 0 Å². The highest BCUT2D eigenvalue weighted by Gasteiger charge is 1.93. The first-order valence-corrected chi connectivity index (χ1v) is 4.29. The van der Waals surface area contributed by atoms with Crippen LogP contribution >= 0.6 is 23.4 Å². The second kappa shape index (κ2) is 6.39. The minimum atomic E-state index is -0.434. The summed E-state index contributed by atoms with van der Waals surface area (Å²) in [5.74, 6) is 0.907. The molecule has 0 aliphatic rings. The number of rotatable bonds is 5. The normalized spacial score (nSPS) is 9.56. The van der Waals surface area contributed by atoms with E-state index in [4.69, 9.17) is 16.3 Å². The molecule has 0 saturated carbocycles. The average molecular weight is 169 g/mol. The van der Waals surface area contributed by atoms with Gasteiger partial charge in [0.05, 0.1) is 6.61 Å². The molecular formula is C5H9ClO2S. The Morgan fingerprint density at radius 2 is 2.44 bits per heavy atom. The maximum atomic E-state index is 10.0. The molecule has 0 atom stereocenters. The molecule has 0 radical (unpaired) electrons. The molecule has 0 aromatic carbocycles. The van der Waals surface area contributed by atoms with Crippen molar-refractivity contribution < 1.29 is 9.53 Å². The van der Waals surface area contributed by atoms with Crippen LogP contribution in [0.25, 0.3) is 0 Å². The number of hydrogen-bond acceptors (Lipinski definition) is 3. The number of ether oxygens (including phenoxy) is 1. The van der Waals surface area contributed by atoms with Gasteiger partial charge in [0, 0.05) is 5.75 Å². The van der Waals surface area contributed by atoms with Crippen LogP contribution in [0.15, 0.2) is 0 Å². The van der Waals surface area contributed by atoms with Crippen molar-refractivity contribution in [3.05, 3.63) is 0 Å². The van der Waals surface area contributed by atoms with E-state index in [0.717, 1.165) is 5.75 Å². The van der Waals surface area contributed by atoms with Crippen LogP contribution in [0.5, 0.6) is 0 Å². The smallest absolute Gasteiger partial charge is 0.247 e.